The summed E-state index contributed by atoms with van der Waals surface area (Å²) in [6.45, 7) is 0. The van der Waals surface area contributed by atoms with E-state index in [1.165, 1.54) is 0 Å². The summed E-state index contributed by atoms with van der Waals surface area (Å²) in [6, 6.07) is 3.54. The lowest BCUT2D eigenvalue weighted by atomic mass is 10.1. The molecule has 0 aromatic carbocycles. The molecule has 82 valence electrons. The molecule has 0 bridgehead atoms. The number of hydrogen-bond donors (Lipinski definition) is 2. The Morgan fingerprint density at radius 3 is 2.75 bits per heavy atom. The van der Waals surface area contributed by atoms with Gasteiger partial charge in [0.15, 0.2) is 0 Å². The van der Waals surface area contributed by atoms with E-state index in [2.05, 4.69) is 15.0 Å². The average Bonchev–Trinajstić information content (AvgIpc) is 2.30. The summed E-state index contributed by atoms with van der Waals surface area (Å²) in [5.41, 5.74) is 13.4. The first-order valence-electron chi connectivity index (χ1n) is 4.97. The van der Waals surface area contributed by atoms with Crippen LogP contribution >= 0.6 is 0 Å². The highest BCUT2D eigenvalue weighted by atomic mass is 14.8. The molecule has 0 saturated carbocycles. The highest BCUT2D eigenvalue weighted by Crippen LogP contribution is 2.13. The third kappa shape index (κ3) is 2.52. The first-order chi connectivity index (χ1) is 7.75. The molecule has 0 radical (unpaired) electrons. The molecule has 0 aliphatic carbocycles. The zero-order chi connectivity index (χ0) is 11.4. The van der Waals surface area contributed by atoms with Gasteiger partial charge in [-0.3, -0.25) is 9.97 Å². The second-order valence-electron chi connectivity index (χ2n) is 3.53. The van der Waals surface area contributed by atoms with Crippen molar-refractivity contribution in [3.8, 4) is 0 Å². The highest BCUT2D eigenvalue weighted by Gasteiger charge is 2.08. The van der Waals surface area contributed by atoms with Gasteiger partial charge in [0.25, 0.3) is 0 Å². The van der Waals surface area contributed by atoms with E-state index in [0.29, 0.717) is 12.2 Å². The molecule has 2 heterocycles. The number of pyridine rings is 1. The summed E-state index contributed by atoms with van der Waals surface area (Å²) in [7, 11) is 0. The lowest BCUT2D eigenvalue weighted by Gasteiger charge is -2.10. The normalized spacial score (nSPS) is 12.3. The third-order valence-electron chi connectivity index (χ3n) is 2.26. The van der Waals surface area contributed by atoms with E-state index in [0.717, 1.165) is 11.3 Å². The van der Waals surface area contributed by atoms with Crippen LogP contribution in [-0.4, -0.2) is 15.0 Å². The zero-order valence-electron chi connectivity index (χ0n) is 8.74. The molecule has 2 rings (SSSR count). The molecular weight excluding hydrogens is 202 g/mol. The van der Waals surface area contributed by atoms with Gasteiger partial charge in [-0.15, -0.1) is 0 Å². The minimum Gasteiger partial charge on any atom is -0.384 e. The Balaban J connectivity index is 2.11. The Bertz CT molecular complexity index is 457. The van der Waals surface area contributed by atoms with Gasteiger partial charge in [0, 0.05) is 24.8 Å². The summed E-state index contributed by atoms with van der Waals surface area (Å²) in [4.78, 5) is 12.1. The lowest BCUT2D eigenvalue weighted by Crippen LogP contribution is -2.15. The van der Waals surface area contributed by atoms with Crippen LogP contribution in [0, 0.1) is 0 Å². The maximum absolute atomic E-state index is 6.01. The van der Waals surface area contributed by atoms with Crippen LogP contribution in [-0.2, 0) is 6.42 Å². The first-order valence-corrected chi connectivity index (χ1v) is 4.97. The number of anilines is 1. The number of aromatic nitrogens is 3. The molecule has 0 spiro atoms. The Morgan fingerprint density at radius 2 is 2.06 bits per heavy atom. The average molecular weight is 215 g/mol. The van der Waals surface area contributed by atoms with Crippen molar-refractivity contribution in [1.82, 2.24) is 15.0 Å². The van der Waals surface area contributed by atoms with E-state index in [1.54, 1.807) is 24.8 Å². The minimum atomic E-state index is -0.171. The van der Waals surface area contributed by atoms with Gasteiger partial charge >= 0.3 is 0 Å². The van der Waals surface area contributed by atoms with E-state index in [-0.39, 0.29) is 6.04 Å². The number of rotatable bonds is 3. The number of nitrogen functional groups attached to an aromatic ring is 1. The number of nitrogens with zero attached hydrogens (tertiary/aromatic N) is 3. The van der Waals surface area contributed by atoms with Gasteiger partial charge < -0.3 is 11.5 Å². The lowest BCUT2D eigenvalue weighted by molar-refractivity contribution is 0.691. The molecule has 2 aromatic rings. The summed E-state index contributed by atoms with van der Waals surface area (Å²) in [5.74, 6) is 0.504. The van der Waals surface area contributed by atoms with E-state index >= 15 is 0 Å². The van der Waals surface area contributed by atoms with Gasteiger partial charge in [-0.05, 0) is 24.1 Å². The second-order valence-corrected chi connectivity index (χ2v) is 3.53. The molecule has 5 nitrogen and oxygen atoms in total. The summed E-state index contributed by atoms with van der Waals surface area (Å²) < 4.78 is 0. The van der Waals surface area contributed by atoms with Crippen LogP contribution in [0.3, 0.4) is 0 Å². The molecule has 2 aromatic heterocycles. The predicted octanol–water partition coefficient (Wildman–Crippen LogP) is 0.696. The molecule has 0 aliphatic heterocycles. The van der Waals surface area contributed by atoms with Crippen molar-refractivity contribution < 1.29 is 0 Å². The van der Waals surface area contributed by atoms with Crippen LogP contribution in [0.1, 0.15) is 17.3 Å². The molecule has 0 aliphatic rings. The Morgan fingerprint density at radius 1 is 1.19 bits per heavy atom. The molecule has 5 heteroatoms. The molecular formula is C11H13N5. The second kappa shape index (κ2) is 4.67. The summed E-state index contributed by atoms with van der Waals surface area (Å²) in [5, 5.41) is 0. The zero-order valence-corrected chi connectivity index (χ0v) is 8.74. The summed E-state index contributed by atoms with van der Waals surface area (Å²) >= 11 is 0. The molecule has 0 saturated heterocycles. The van der Waals surface area contributed by atoms with Crippen LogP contribution < -0.4 is 11.5 Å². The minimum absolute atomic E-state index is 0.171. The van der Waals surface area contributed by atoms with Crippen molar-refractivity contribution in [1.29, 1.82) is 0 Å². The third-order valence-corrected chi connectivity index (χ3v) is 2.26. The SMILES string of the molecule is Nc1cc(CC(N)c2cnccn2)ccn1. The van der Waals surface area contributed by atoms with Crippen LogP contribution in [0.2, 0.25) is 0 Å². The first kappa shape index (κ1) is 10.5. The summed E-state index contributed by atoms with van der Waals surface area (Å²) in [6.07, 6.45) is 7.28. The van der Waals surface area contributed by atoms with E-state index in [1.807, 2.05) is 12.1 Å². The fourth-order valence-electron chi connectivity index (χ4n) is 1.48. The smallest absolute Gasteiger partial charge is 0.123 e. The van der Waals surface area contributed by atoms with E-state index in [4.69, 9.17) is 11.5 Å². The van der Waals surface area contributed by atoms with Gasteiger partial charge in [0.2, 0.25) is 0 Å². The van der Waals surface area contributed by atoms with Gasteiger partial charge in [0.05, 0.1) is 11.7 Å². The molecule has 1 unspecified atom stereocenters. The van der Waals surface area contributed by atoms with E-state index < -0.39 is 0 Å². The van der Waals surface area contributed by atoms with Crippen LogP contribution in [0.25, 0.3) is 0 Å². The van der Waals surface area contributed by atoms with Crippen LogP contribution in [0.4, 0.5) is 5.82 Å². The molecule has 0 amide bonds. The van der Waals surface area contributed by atoms with Crippen molar-refractivity contribution >= 4 is 5.82 Å². The van der Waals surface area contributed by atoms with Crippen LogP contribution in [0.15, 0.2) is 36.9 Å². The number of nitrogens with two attached hydrogens (primary N) is 2. The van der Waals surface area contributed by atoms with E-state index in [9.17, 15) is 0 Å². The molecule has 16 heavy (non-hydrogen) atoms. The van der Waals surface area contributed by atoms with Crippen molar-refractivity contribution in [3.63, 3.8) is 0 Å². The molecule has 1 atom stereocenters. The van der Waals surface area contributed by atoms with Gasteiger partial charge in [0.1, 0.15) is 5.82 Å². The number of hydrogen-bond acceptors (Lipinski definition) is 5. The Hall–Kier alpha value is -2.01. The monoisotopic (exact) mass is 215 g/mol. The standard InChI is InChI=1S/C11H13N5/c12-9(10-7-14-3-4-15-10)5-8-1-2-16-11(13)6-8/h1-4,6-7,9H,5,12H2,(H2,13,16). The predicted molar refractivity (Wildman–Crippen MR) is 61.3 cm³/mol. The fraction of sp³-hybridized carbons (Fsp3) is 0.182. The quantitative estimate of drug-likeness (QED) is 0.786. The van der Waals surface area contributed by atoms with Gasteiger partial charge in [-0.2, -0.15) is 0 Å². The van der Waals surface area contributed by atoms with Crippen molar-refractivity contribution in [2.45, 2.75) is 12.5 Å². The van der Waals surface area contributed by atoms with Crippen molar-refractivity contribution in [3.05, 3.63) is 48.2 Å². The molecule has 4 N–H and O–H groups in total. The largest absolute Gasteiger partial charge is 0.384 e. The Kier molecular flexibility index (Phi) is 3.07. The van der Waals surface area contributed by atoms with Crippen LogP contribution in [0.5, 0.6) is 0 Å². The highest BCUT2D eigenvalue weighted by molar-refractivity contribution is 5.32. The molecule has 0 fully saturated rings. The Labute approximate surface area is 93.6 Å². The topological polar surface area (TPSA) is 90.7 Å². The van der Waals surface area contributed by atoms with Gasteiger partial charge in [-0.25, -0.2) is 4.98 Å². The van der Waals surface area contributed by atoms with Crippen molar-refractivity contribution in [2.24, 2.45) is 5.73 Å². The van der Waals surface area contributed by atoms with Crippen molar-refractivity contribution in [2.75, 3.05) is 5.73 Å². The maximum atomic E-state index is 6.01. The maximum Gasteiger partial charge on any atom is 0.123 e. The fourth-order valence-corrected chi connectivity index (χ4v) is 1.48. The van der Waals surface area contributed by atoms with Gasteiger partial charge in [-0.1, -0.05) is 0 Å².